The highest BCUT2D eigenvalue weighted by Crippen LogP contribution is 2.21. The molecular formula is C9H12F3N5O2S. The molecule has 1 rings (SSSR count). The maximum absolute atomic E-state index is 12.2. The fourth-order valence-electron chi connectivity index (χ4n) is 1.16. The van der Waals surface area contributed by atoms with E-state index in [0.717, 1.165) is 22.7 Å². The van der Waals surface area contributed by atoms with Gasteiger partial charge in [0.05, 0.1) is 5.75 Å². The van der Waals surface area contributed by atoms with E-state index in [2.05, 4.69) is 15.5 Å². The Morgan fingerprint density at radius 1 is 1.45 bits per heavy atom. The molecule has 0 bridgehead atoms. The molecule has 7 nitrogen and oxygen atoms in total. The molecule has 20 heavy (non-hydrogen) atoms. The van der Waals surface area contributed by atoms with E-state index in [9.17, 15) is 22.8 Å². The zero-order valence-electron chi connectivity index (χ0n) is 10.4. The van der Waals surface area contributed by atoms with Gasteiger partial charge in [0, 0.05) is 6.54 Å². The maximum atomic E-state index is 12.2. The summed E-state index contributed by atoms with van der Waals surface area (Å²) in [5.74, 6) is -0.879. The highest BCUT2D eigenvalue weighted by atomic mass is 32.2. The molecule has 1 aromatic heterocycles. The van der Waals surface area contributed by atoms with Gasteiger partial charge >= 0.3 is 12.2 Å². The van der Waals surface area contributed by atoms with Gasteiger partial charge in [0.25, 0.3) is 0 Å². The Morgan fingerprint density at radius 2 is 2.15 bits per heavy atom. The second-order valence-corrected chi connectivity index (χ2v) is 4.50. The number of hydrogen-bond donors (Lipinski definition) is 2. The SMILES string of the molecule is CCNC(=O)NC(=O)CSc1nncn1CC(F)(F)F. The van der Waals surface area contributed by atoms with E-state index in [1.54, 1.807) is 6.92 Å². The minimum atomic E-state index is -4.40. The van der Waals surface area contributed by atoms with Crippen molar-refractivity contribution in [1.29, 1.82) is 0 Å². The van der Waals surface area contributed by atoms with E-state index in [4.69, 9.17) is 0 Å². The van der Waals surface area contributed by atoms with Crippen molar-refractivity contribution in [3.05, 3.63) is 6.33 Å². The van der Waals surface area contributed by atoms with Gasteiger partial charge in [-0.25, -0.2) is 4.79 Å². The molecular weight excluding hydrogens is 299 g/mol. The monoisotopic (exact) mass is 311 g/mol. The average Bonchev–Trinajstić information content (AvgIpc) is 2.71. The van der Waals surface area contributed by atoms with E-state index in [1.165, 1.54) is 0 Å². The summed E-state index contributed by atoms with van der Waals surface area (Å²) in [4.78, 5) is 22.4. The quantitative estimate of drug-likeness (QED) is 0.784. The van der Waals surface area contributed by atoms with E-state index in [0.29, 0.717) is 6.54 Å². The molecule has 11 heteroatoms. The molecule has 0 radical (unpaired) electrons. The number of aromatic nitrogens is 3. The summed E-state index contributed by atoms with van der Waals surface area (Å²) in [5, 5.41) is 11.2. The van der Waals surface area contributed by atoms with Crippen molar-refractivity contribution < 1.29 is 22.8 Å². The third-order valence-electron chi connectivity index (χ3n) is 1.85. The molecule has 0 aliphatic heterocycles. The maximum Gasteiger partial charge on any atom is 0.406 e. The van der Waals surface area contributed by atoms with Crippen LogP contribution >= 0.6 is 11.8 Å². The average molecular weight is 311 g/mol. The van der Waals surface area contributed by atoms with Crippen LogP contribution in [0.1, 0.15) is 6.92 Å². The van der Waals surface area contributed by atoms with Crippen LogP contribution in [0.3, 0.4) is 0 Å². The van der Waals surface area contributed by atoms with Gasteiger partial charge in [0.1, 0.15) is 12.9 Å². The van der Waals surface area contributed by atoms with Gasteiger partial charge in [-0.1, -0.05) is 11.8 Å². The summed E-state index contributed by atoms with van der Waals surface area (Å²) in [5.41, 5.74) is 0. The highest BCUT2D eigenvalue weighted by molar-refractivity contribution is 7.99. The molecule has 0 aromatic carbocycles. The molecule has 112 valence electrons. The number of amides is 3. The molecule has 3 amide bonds. The summed E-state index contributed by atoms with van der Waals surface area (Å²) in [6.45, 7) is 0.796. The summed E-state index contributed by atoms with van der Waals surface area (Å²) in [7, 11) is 0. The molecule has 0 unspecified atom stereocenters. The number of alkyl halides is 3. The summed E-state index contributed by atoms with van der Waals surface area (Å²) in [6.07, 6.45) is -3.47. The van der Waals surface area contributed by atoms with Gasteiger partial charge < -0.3 is 5.32 Å². The standard InChI is InChI=1S/C9H12F3N5O2S/c1-2-13-7(19)15-6(18)3-20-8-16-14-5-17(8)4-9(10,11)12/h5H,2-4H2,1H3,(H2,13,15,18,19). The second kappa shape index (κ2) is 7.12. The van der Waals surface area contributed by atoms with Crippen LogP contribution in [-0.2, 0) is 11.3 Å². The molecule has 0 saturated heterocycles. The first-order valence-corrected chi connectivity index (χ1v) is 6.45. The van der Waals surface area contributed by atoms with E-state index in [1.807, 2.05) is 5.32 Å². The molecule has 0 aliphatic carbocycles. The van der Waals surface area contributed by atoms with Gasteiger partial charge in [-0.2, -0.15) is 13.2 Å². The molecule has 0 spiro atoms. The van der Waals surface area contributed by atoms with Crippen molar-refractivity contribution in [3.63, 3.8) is 0 Å². The third-order valence-corrected chi connectivity index (χ3v) is 2.83. The fraction of sp³-hybridized carbons (Fsp3) is 0.556. The van der Waals surface area contributed by atoms with Crippen LogP contribution in [0.4, 0.5) is 18.0 Å². The molecule has 0 aliphatic rings. The molecule has 0 atom stereocenters. The smallest absolute Gasteiger partial charge is 0.338 e. The predicted molar refractivity (Wildman–Crippen MR) is 64.0 cm³/mol. The summed E-state index contributed by atoms with van der Waals surface area (Å²) < 4.78 is 37.5. The first-order valence-electron chi connectivity index (χ1n) is 5.47. The Bertz CT molecular complexity index is 476. The number of urea groups is 1. The molecule has 2 N–H and O–H groups in total. The second-order valence-electron chi connectivity index (χ2n) is 3.55. The largest absolute Gasteiger partial charge is 0.406 e. The van der Waals surface area contributed by atoms with Crippen LogP contribution in [0.25, 0.3) is 0 Å². The summed E-state index contributed by atoms with van der Waals surface area (Å²) >= 11 is 0.760. The van der Waals surface area contributed by atoms with Gasteiger partial charge in [-0.3, -0.25) is 14.7 Å². The normalized spacial score (nSPS) is 11.2. The number of thioether (sulfide) groups is 1. The lowest BCUT2D eigenvalue weighted by Crippen LogP contribution is -2.40. The third kappa shape index (κ3) is 5.91. The Hall–Kier alpha value is -1.78. The number of nitrogens with one attached hydrogen (secondary N) is 2. The van der Waals surface area contributed by atoms with Crippen molar-refractivity contribution in [2.75, 3.05) is 12.3 Å². The molecule has 1 heterocycles. The van der Waals surface area contributed by atoms with Gasteiger partial charge in [-0.05, 0) is 6.92 Å². The van der Waals surface area contributed by atoms with Crippen molar-refractivity contribution in [2.45, 2.75) is 24.8 Å². The minimum Gasteiger partial charge on any atom is -0.338 e. The lowest BCUT2D eigenvalue weighted by atomic mass is 10.6. The number of imide groups is 1. The first kappa shape index (κ1) is 16.3. The first-order chi connectivity index (χ1) is 9.31. The van der Waals surface area contributed by atoms with Crippen molar-refractivity contribution in [1.82, 2.24) is 25.4 Å². The van der Waals surface area contributed by atoms with Crippen molar-refractivity contribution in [2.24, 2.45) is 0 Å². The van der Waals surface area contributed by atoms with Gasteiger partial charge in [-0.15, -0.1) is 10.2 Å². The Labute approximate surface area is 116 Å². The van der Waals surface area contributed by atoms with Crippen molar-refractivity contribution in [3.8, 4) is 0 Å². The molecule has 0 saturated carbocycles. The Balaban J connectivity index is 2.48. The Morgan fingerprint density at radius 3 is 2.75 bits per heavy atom. The number of halogens is 3. The zero-order chi connectivity index (χ0) is 15.2. The minimum absolute atomic E-state index is 0.0478. The van der Waals surface area contributed by atoms with Crippen LogP contribution in [0.15, 0.2) is 11.5 Å². The van der Waals surface area contributed by atoms with E-state index >= 15 is 0 Å². The summed E-state index contributed by atoms with van der Waals surface area (Å²) in [6, 6.07) is -0.658. The lowest BCUT2D eigenvalue weighted by Gasteiger charge is -2.09. The zero-order valence-corrected chi connectivity index (χ0v) is 11.2. The van der Waals surface area contributed by atoms with E-state index in [-0.39, 0.29) is 10.9 Å². The topological polar surface area (TPSA) is 88.9 Å². The number of carbonyl (C=O) groups is 2. The van der Waals surface area contributed by atoms with Crippen LogP contribution in [0, 0.1) is 0 Å². The number of rotatable bonds is 5. The van der Waals surface area contributed by atoms with Crippen LogP contribution in [0.2, 0.25) is 0 Å². The lowest BCUT2D eigenvalue weighted by molar-refractivity contribution is -0.142. The molecule has 0 fully saturated rings. The Kier molecular flexibility index (Phi) is 5.80. The predicted octanol–water partition coefficient (Wildman–Crippen LogP) is 0.778. The highest BCUT2D eigenvalue weighted by Gasteiger charge is 2.29. The van der Waals surface area contributed by atoms with Crippen molar-refractivity contribution >= 4 is 23.7 Å². The van der Waals surface area contributed by atoms with Crippen LogP contribution in [-0.4, -0.2) is 45.2 Å². The van der Waals surface area contributed by atoms with E-state index < -0.39 is 24.7 Å². The number of hydrogen-bond acceptors (Lipinski definition) is 5. The van der Waals surface area contributed by atoms with Crippen LogP contribution in [0.5, 0.6) is 0 Å². The number of nitrogens with zero attached hydrogens (tertiary/aromatic N) is 3. The number of carbonyl (C=O) groups excluding carboxylic acids is 2. The van der Waals surface area contributed by atoms with Crippen LogP contribution < -0.4 is 10.6 Å². The molecule has 1 aromatic rings. The van der Waals surface area contributed by atoms with Gasteiger partial charge in [0.15, 0.2) is 5.16 Å². The van der Waals surface area contributed by atoms with Gasteiger partial charge in [0.2, 0.25) is 5.91 Å². The fourth-order valence-corrected chi connectivity index (χ4v) is 1.87.